The average molecular weight is 648 g/mol. The summed E-state index contributed by atoms with van der Waals surface area (Å²) in [4.78, 5) is 71.2. The van der Waals surface area contributed by atoms with Crippen LogP contribution in [0.2, 0.25) is 0 Å². The van der Waals surface area contributed by atoms with Crippen molar-refractivity contribution in [2.24, 2.45) is 0 Å². The highest BCUT2D eigenvalue weighted by Gasteiger charge is 2.39. The molecule has 0 radical (unpaired) electrons. The van der Waals surface area contributed by atoms with Gasteiger partial charge in [-0.1, -0.05) is 31.2 Å². The van der Waals surface area contributed by atoms with Crippen molar-refractivity contribution < 1.29 is 28.7 Å². The number of benzene rings is 1. The Morgan fingerprint density at radius 2 is 1.89 bits per heavy atom. The predicted molar refractivity (Wildman–Crippen MR) is 178 cm³/mol. The zero-order chi connectivity index (χ0) is 33.1. The Morgan fingerprint density at radius 1 is 1.15 bits per heavy atom. The van der Waals surface area contributed by atoms with Crippen molar-refractivity contribution in [1.82, 2.24) is 20.1 Å². The largest absolute Gasteiger partial charge is 0.451 e. The summed E-state index contributed by atoms with van der Waals surface area (Å²) in [7, 11) is 1.64. The molecular formula is C34H41N5O6S. The first-order valence-electron chi connectivity index (χ1n) is 15.8. The Labute approximate surface area is 273 Å². The number of likely N-dealkylation sites (tertiary alicyclic amines) is 1. The molecule has 11 nitrogen and oxygen atoms in total. The number of thioether (sulfide) groups is 1. The maximum atomic E-state index is 13.1. The van der Waals surface area contributed by atoms with Crippen LogP contribution in [0.15, 0.2) is 29.3 Å². The second-order valence-corrected chi connectivity index (χ2v) is 13.1. The molecule has 46 heavy (non-hydrogen) atoms. The number of hydrogen-bond donors (Lipinski definition) is 3. The van der Waals surface area contributed by atoms with Gasteiger partial charge in [-0.25, -0.2) is 4.79 Å². The Hall–Kier alpha value is -4.16. The molecule has 5 rings (SSSR count). The van der Waals surface area contributed by atoms with E-state index in [1.807, 2.05) is 20.8 Å². The van der Waals surface area contributed by atoms with Gasteiger partial charge in [0.05, 0.1) is 22.2 Å². The number of amides is 3. The summed E-state index contributed by atoms with van der Waals surface area (Å²) in [6, 6.07) is 5.29. The molecule has 0 aliphatic carbocycles. The predicted octanol–water partition coefficient (Wildman–Crippen LogP) is 4.17. The molecule has 2 unspecified atom stereocenters. The SMILES string of the molecule is CCCNC(=O)c1c(C)[nH]c(/C=C2\C(=O)Nc3ccc(CC(=O)C(C)OC(=O)/C=C4\SC(N5CCCCC5)C(=O)N4C)cc32)c1C. The van der Waals surface area contributed by atoms with Crippen LogP contribution in [0.1, 0.15) is 78.0 Å². The number of anilines is 1. The zero-order valence-electron chi connectivity index (χ0n) is 27.0. The van der Waals surface area contributed by atoms with E-state index in [1.165, 1.54) is 29.7 Å². The molecule has 244 valence electrons. The van der Waals surface area contributed by atoms with Crippen molar-refractivity contribution in [3.05, 3.63) is 62.9 Å². The van der Waals surface area contributed by atoms with Crippen LogP contribution in [0, 0.1) is 13.8 Å². The number of likely N-dealkylation sites (N-methyl/N-ethyl adjacent to an activating group) is 1. The average Bonchev–Trinajstić information content (AvgIpc) is 3.60. The number of piperidine rings is 1. The molecule has 4 heterocycles. The first-order valence-corrected chi connectivity index (χ1v) is 16.6. The highest BCUT2D eigenvalue weighted by atomic mass is 32.2. The van der Waals surface area contributed by atoms with Gasteiger partial charge in [0.15, 0.2) is 11.9 Å². The van der Waals surface area contributed by atoms with E-state index >= 15 is 0 Å². The molecule has 1 aromatic carbocycles. The number of rotatable bonds is 10. The lowest BCUT2D eigenvalue weighted by Crippen LogP contribution is -2.42. The van der Waals surface area contributed by atoms with Crippen LogP contribution in [-0.4, -0.2) is 82.4 Å². The minimum Gasteiger partial charge on any atom is -0.451 e. The molecule has 2 aromatic rings. The molecule has 1 aromatic heterocycles. The first-order chi connectivity index (χ1) is 22.0. The minimum absolute atomic E-state index is 0.00761. The van der Waals surface area contributed by atoms with Gasteiger partial charge in [-0.15, -0.1) is 0 Å². The topological polar surface area (TPSA) is 141 Å². The minimum atomic E-state index is -1.01. The van der Waals surface area contributed by atoms with Gasteiger partial charge in [-0.05, 0) is 82.5 Å². The van der Waals surface area contributed by atoms with E-state index in [1.54, 1.807) is 31.3 Å². The van der Waals surface area contributed by atoms with Crippen molar-refractivity contribution in [3.63, 3.8) is 0 Å². The lowest BCUT2D eigenvalue weighted by atomic mass is 9.99. The van der Waals surface area contributed by atoms with Crippen molar-refractivity contribution >= 4 is 58.6 Å². The number of ether oxygens (including phenoxy) is 1. The molecular weight excluding hydrogens is 606 g/mol. The number of fused-ring (bicyclic) bond motifs is 1. The van der Waals surface area contributed by atoms with Gasteiger partial charge in [0.2, 0.25) is 0 Å². The molecule has 3 N–H and O–H groups in total. The number of carbonyl (C=O) groups excluding carboxylic acids is 5. The number of aryl methyl sites for hydroxylation is 1. The third-order valence-corrected chi connectivity index (χ3v) is 9.94. The van der Waals surface area contributed by atoms with Gasteiger partial charge >= 0.3 is 5.97 Å². The standard InChI is InChI=1S/C34H41N5O6S/c1-6-12-35-32(43)30-19(2)26(36-20(30)3)17-24-23-15-22(10-11-25(23)37-31(24)42)16-27(40)21(4)45-29(41)18-28-38(5)33(44)34(46-28)39-13-8-7-9-14-39/h10-11,15,17-18,21,34,36H,6-9,12-14,16H2,1-5H3,(H,35,43)(H,37,42)/b24-17-,28-18-. The number of aromatic nitrogens is 1. The van der Waals surface area contributed by atoms with Gasteiger partial charge in [0, 0.05) is 42.7 Å². The van der Waals surface area contributed by atoms with E-state index in [4.69, 9.17) is 4.74 Å². The number of carbonyl (C=O) groups is 5. The van der Waals surface area contributed by atoms with Crippen LogP contribution in [0.5, 0.6) is 0 Å². The zero-order valence-corrected chi connectivity index (χ0v) is 27.8. The van der Waals surface area contributed by atoms with Gasteiger partial charge in [-0.3, -0.25) is 24.1 Å². The molecule has 3 aliphatic rings. The molecule has 2 fully saturated rings. The van der Waals surface area contributed by atoms with Gasteiger partial charge in [0.1, 0.15) is 5.37 Å². The number of aromatic amines is 1. The van der Waals surface area contributed by atoms with E-state index in [-0.39, 0.29) is 35.3 Å². The molecule has 2 atom stereocenters. The smallest absolute Gasteiger partial charge is 0.334 e. The van der Waals surface area contributed by atoms with Gasteiger partial charge in [-0.2, -0.15) is 0 Å². The van der Waals surface area contributed by atoms with E-state index < -0.39 is 12.1 Å². The van der Waals surface area contributed by atoms with E-state index in [9.17, 15) is 24.0 Å². The number of nitrogens with zero attached hydrogens (tertiary/aromatic N) is 2. The molecule has 0 saturated carbocycles. The fourth-order valence-corrected chi connectivity index (χ4v) is 7.23. The van der Waals surface area contributed by atoms with E-state index in [0.717, 1.165) is 44.3 Å². The highest BCUT2D eigenvalue weighted by Crippen LogP contribution is 2.37. The second-order valence-electron chi connectivity index (χ2n) is 12.0. The molecule has 2 saturated heterocycles. The van der Waals surface area contributed by atoms with Crippen LogP contribution in [0.25, 0.3) is 11.6 Å². The lowest BCUT2D eigenvalue weighted by molar-refractivity contribution is -0.149. The summed E-state index contributed by atoms with van der Waals surface area (Å²) in [6.45, 7) is 9.46. The number of Topliss-reactive ketones (excluding diaryl/α,β-unsaturated/α-hetero) is 1. The quantitative estimate of drug-likeness (QED) is 0.258. The van der Waals surface area contributed by atoms with Crippen molar-refractivity contribution in [3.8, 4) is 0 Å². The van der Waals surface area contributed by atoms with Crippen molar-refractivity contribution in [2.75, 3.05) is 32.0 Å². The van der Waals surface area contributed by atoms with Crippen LogP contribution >= 0.6 is 11.8 Å². The molecule has 12 heteroatoms. The third kappa shape index (κ3) is 6.97. The summed E-state index contributed by atoms with van der Waals surface area (Å²) >= 11 is 1.34. The van der Waals surface area contributed by atoms with Crippen LogP contribution in [0.3, 0.4) is 0 Å². The number of ketones is 1. The van der Waals surface area contributed by atoms with Crippen LogP contribution in [-0.2, 0) is 30.3 Å². The van der Waals surface area contributed by atoms with Gasteiger partial charge in [0.25, 0.3) is 17.7 Å². The number of H-pyrrole nitrogens is 1. The Bertz CT molecular complexity index is 1640. The lowest BCUT2D eigenvalue weighted by Gasteiger charge is -2.29. The maximum absolute atomic E-state index is 13.1. The second kappa shape index (κ2) is 14.1. The summed E-state index contributed by atoms with van der Waals surface area (Å²) in [6.07, 6.45) is 6.07. The monoisotopic (exact) mass is 647 g/mol. The Balaban J connectivity index is 1.25. The molecule has 3 aliphatic heterocycles. The number of hydrogen-bond acceptors (Lipinski definition) is 8. The fraction of sp³-hybridized carbons (Fsp3) is 0.441. The highest BCUT2D eigenvalue weighted by molar-refractivity contribution is 8.04. The number of nitrogens with one attached hydrogen (secondary N) is 3. The van der Waals surface area contributed by atoms with Crippen molar-refractivity contribution in [1.29, 1.82) is 0 Å². The summed E-state index contributed by atoms with van der Waals surface area (Å²) < 4.78 is 5.45. The molecule has 0 spiro atoms. The van der Waals surface area contributed by atoms with Gasteiger partial charge < -0.3 is 25.3 Å². The van der Waals surface area contributed by atoms with Crippen molar-refractivity contribution in [2.45, 2.75) is 71.3 Å². The number of esters is 1. The van der Waals surface area contributed by atoms with E-state index in [0.29, 0.717) is 50.9 Å². The molecule has 3 amide bonds. The normalized spacial score (nSPS) is 20.6. The Kier molecular flexibility index (Phi) is 10.2. The fourth-order valence-electron chi connectivity index (χ4n) is 5.97. The molecule has 0 bridgehead atoms. The van der Waals surface area contributed by atoms with Crippen LogP contribution in [0.4, 0.5) is 5.69 Å². The maximum Gasteiger partial charge on any atom is 0.334 e. The summed E-state index contributed by atoms with van der Waals surface area (Å²) in [5, 5.41) is 5.91. The summed E-state index contributed by atoms with van der Waals surface area (Å²) in [5.41, 5.74) is 5.00. The Morgan fingerprint density at radius 3 is 2.61 bits per heavy atom. The van der Waals surface area contributed by atoms with Crippen LogP contribution < -0.4 is 10.6 Å². The van der Waals surface area contributed by atoms with E-state index in [2.05, 4.69) is 20.5 Å². The first kappa shape index (κ1) is 33.2. The third-order valence-electron chi connectivity index (χ3n) is 8.59. The summed E-state index contributed by atoms with van der Waals surface area (Å²) in [5.74, 6) is -1.50.